The average molecular weight is 299 g/mol. The van der Waals surface area contributed by atoms with Crippen LogP contribution in [0.25, 0.3) is 0 Å². The standard InChI is InChI=1S/C14H7ClN4O2/c15-11-3-4-12(19-13(11)14(20)21)18-10-2-1-8(6-16)9(5-10)7-17/h1-5H,(H,18,19)(H,20,21). The Labute approximate surface area is 124 Å². The highest BCUT2D eigenvalue weighted by Crippen LogP contribution is 2.21. The van der Waals surface area contributed by atoms with Gasteiger partial charge in [0.1, 0.15) is 18.0 Å². The van der Waals surface area contributed by atoms with Gasteiger partial charge in [0.15, 0.2) is 5.69 Å². The molecule has 0 saturated carbocycles. The lowest BCUT2D eigenvalue weighted by Crippen LogP contribution is -2.04. The number of pyridine rings is 1. The summed E-state index contributed by atoms with van der Waals surface area (Å²) in [4.78, 5) is 14.8. The van der Waals surface area contributed by atoms with Crippen LogP contribution in [0.1, 0.15) is 21.6 Å². The van der Waals surface area contributed by atoms with E-state index < -0.39 is 5.97 Å². The predicted octanol–water partition coefficient (Wildman–Crippen LogP) is 2.92. The fourth-order valence-corrected chi connectivity index (χ4v) is 1.81. The van der Waals surface area contributed by atoms with E-state index in [0.29, 0.717) is 5.69 Å². The first-order valence-corrected chi connectivity index (χ1v) is 6.04. The highest BCUT2D eigenvalue weighted by molar-refractivity contribution is 6.33. The Hall–Kier alpha value is -3.09. The number of hydrogen-bond acceptors (Lipinski definition) is 5. The molecule has 0 radical (unpaired) electrons. The summed E-state index contributed by atoms with van der Waals surface area (Å²) in [7, 11) is 0. The first-order chi connectivity index (χ1) is 10.0. The SMILES string of the molecule is N#Cc1ccc(Nc2ccc(Cl)c(C(=O)O)n2)cc1C#N. The summed E-state index contributed by atoms with van der Waals surface area (Å²) >= 11 is 5.73. The van der Waals surface area contributed by atoms with Crippen molar-refractivity contribution in [2.24, 2.45) is 0 Å². The first kappa shape index (κ1) is 14.3. The molecule has 0 aliphatic rings. The monoisotopic (exact) mass is 298 g/mol. The summed E-state index contributed by atoms with van der Waals surface area (Å²) in [6.07, 6.45) is 0. The van der Waals surface area contributed by atoms with Gasteiger partial charge in [-0.25, -0.2) is 9.78 Å². The zero-order valence-electron chi connectivity index (χ0n) is 10.5. The van der Waals surface area contributed by atoms with Crippen LogP contribution in [0, 0.1) is 22.7 Å². The number of halogens is 1. The maximum atomic E-state index is 11.0. The summed E-state index contributed by atoms with van der Waals surface area (Å²) in [6, 6.07) is 11.3. The van der Waals surface area contributed by atoms with E-state index in [2.05, 4.69) is 10.3 Å². The molecule has 6 nitrogen and oxygen atoms in total. The third-order valence-corrected chi connectivity index (χ3v) is 2.89. The van der Waals surface area contributed by atoms with Crippen molar-refractivity contribution in [2.75, 3.05) is 5.32 Å². The van der Waals surface area contributed by atoms with Crippen molar-refractivity contribution >= 4 is 29.1 Å². The lowest BCUT2D eigenvalue weighted by Gasteiger charge is -2.08. The van der Waals surface area contributed by atoms with Crippen LogP contribution in [0.2, 0.25) is 5.02 Å². The van der Waals surface area contributed by atoms with Crippen molar-refractivity contribution in [1.82, 2.24) is 4.98 Å². The van der Waals surface area contributed by atoms with Gasteiger partial charge in [-0.3, -0.25) is 0 Å². The number of carboxylic acid groups (broad SMARTS) is 1. The van der Waals surface area contributed by atoms with Gasteiger partial charge in [0.2, 0.25) is 0 Å². The Balaban J connectivity index is 2.35. The number of aromatic carboxylic acids is 1. The van der Waals surface area contributed by atoms with Crippen LogP contribution in [0.15, 0.2) is 30.3 Å². The lowest BCUT2D eigenvalue weighted by atomic mass is 10.1. The van der Waals surface area contributed by atoms with Crippen LogP contribution in [0.4, 0.5) is 11.5 Å². The average Bonchev–Trinajstić information content (AvgIpc) is 2.48. The van der Waals surface area contributed by atoms with Crippen molar-refractivity contribution in [2.45, 2.75) is 0 Å². The largest absolute Gasteiger partial charge is 0.476 e. The van der Waals surface area contributed by atoms with Gasteiger partial charge >= 0.3 is 5.97 Å². The molecule has 0 aliphatic carbocycles. The molecule has 0 unspecified atom stereocenters. The number of benzene rings is 1. The van der Waals surface area contributed by atoms with Gasteiger partial charge in [-0.2, -0.15) is 10.5 Å². The van der Waals surface area contributed by atoms with Crippen LogP contribution in [0.5, 0.6) is 0 Å². The topological polar surface area (TPSA) is 110 Å². The smallest absolute Gasteiger partial charge is 0.356 e. The number of anilines is 2. The van der Waals surface area contributed by atoms with Gasteiger partial charge in [0.25, 0.3) is 0 Å². The van der Waals surface area contributed by atoms with E-state index in [4.69, 9.17) is 27.2 Å². The molecule has 7 heteroatoms. The van der Waals surface area contributed by atoms with Gasteiger partial charge in [-0.1, -0.05) is 11.6 Å². The van der Waals surface area contributed by atoms with Gasteiger partial charge < -0.3 is 10.4 Å². The number of aromatic nitrogens is 1. The Morgan fingerprint density at radius 1 is 1.19 bits per heavy atom. The number of rotatable bonds is 3. The maximum absolute atomic E-state index is 11.0. The normalized spacial score (nSPS) is 9.48. The van der Waals surface area contributed by atoms with Crippen molar-refractivity contribution in [3.8, 4) is 12.1 Å². The van der Waals surface area contributed by atoms with Gasteiger partial charge in [0.05, 0.1) is 16.1 Å². The van der Waals surface area contributed by atoms with E-state index in [9.17, 15) is 4.79 Å². The number of nitriles is 2. The molecule has 0 atom stereocenters. The summed E-state index contributed by atoms with van der Waals surface area (Å²) in [6.45, 7) is 0. The number of nitrogens with one attached hydrogen (secondary N) is 1. The van der Waals surface area contributed by atoms with Crippen molar-refractivity contribution < 1.29 is 9.90 Å². The van der Waals surface area contributed by atoms with Crippen LogP contribution in [-0.2, 0) is 0 Å². The number of hydrogen-bond donors (Lipinski definition) is 2. The molecule has 1 heterocycles. The molecule has 0 bridgehead atoms. The molecule has 0 saturated heterocycles. The first-order valence-electron chi connectivity index (χ1n) is 5.66. The van der Waals surface area contributed by atoms with E-state index >= 15 is 0 Å². The molecule has 0 amide bonds. The zero-order chi connectivity index (χ0) is 15.4. The van der Waals surface area contributed by atoms with E-state index in [1.807, 2.05) is 12.1 Å². The second-order valence-corrected chi connectivity index (χ2v) is 4.35. The molecule has 0 spiro atoms. The third-order valence-electron chi connectivity index (χ3n) is 2.58. The maximum Gasteiger partial charge on any atom is 0.356 e. The van der Waals surface area contributed by atoms with E-state index in [-0.39, 0.29) is 27.7 Å². The van der Waals surface area contributed by atoms with Crippen molar-refractivity contribution in [3.63, 3.8) is 0 Å². The summed E-state index contributed by atoms with van der Waals surface area (Å²) < 4.78 is 0. The molecule has 21 heavy (non-hydrogen) atoms. The summed E-state index contributed by atoms with van der Waals surface area (Å²) in [5.41, 5.74) is 0.723. The number of nitrogens with zero attached hydrogens (tertiary/aromatic N) is 3. The minimum Gasteiger partial charge on any atom is -0.476 e. The molecule has 1 aromatic carbocycles. The van der Waals surface area contributed by atoms with Gasteiger partial charge in [-0.15, -0.1) is 0 Å². The molecular formula is C14H7ClN4O2. The Bertz CT molecular complexity index is 806. The minimum atomic E-state index is -1.24. The molecule has 102 valence electrons. The third kappa shape index (κ3) is 3.08. The fraction of sp³-hybridized carbons (Fsp3) is 0. The molecular weight excluding hydrogens is 292 g/mol. The zero-order valence-corrected chi connectivity index (χ0v) is 11.2. The van der Waals surface area contributed by atoms with Crippen molar-refractivity contribution in [1.29, 1.82) is 10.5 Å². The predicted molar refractivity (Wildman–Crippen MR) is 75.4 cm³/mol. The molecule has 2 aromatic rings. The fourth-order valence-electron chi connectivity index (χ4n) is 1.62. The minimum absolute atomic E-state index is 0.0330. The molecule has 2 N–H and O–H groups in total. The second kappa shape index (κ2) is 5.91. The highest BCUT2D eigenvalue weighted by atomic mass is 35.5. The van der Waals surface area contributed by atoms with E-state index in [0.717, 1.165) is 0 Å². The Kier molecular flexibility index (Phi) is 4.03. The highest BCUT2D eigenvalue weighted by Gasteiger charge is 2.12. The van der Waals surface area contributed by atoms with Crippen molar-refractivity contribution in [3.05, 3.63) is 52.2 Å². The molecule has 0 aliphatic heterocycles. The molecule has 0 fully saturated rings. The molecule has 2 rings (SSSR count). The van der Waals surface area contributed by atoms with Gasteiger partial charge in [-0.05, 0) is 30.3 Å². The molecule has 1 aromatic heterocycles. The van der Waals surface area contributed by atoms with Crippen LogP contribution < -0.4 is 5.32 Å². The Morgan fingerprint density at radius 2 is 1.90 bits per heavy atom. The van der Waals surface area contributed by atoms with Crippen LogP contribution in [0.3, 0.4) is 0 Å². The van der Waals surface area contributed by atoms with Gasteiger partial charge in [0, 0.05) is 5.69 Å². The summed E-state index contributed by atoms with van der Waals surface area (Å²) in [5.74, 6) is -0.966. The van der Waals surface area contributed by atoms with Crippen LogP contribution in [-0.4, -0.2) is 16.1 Å². The van der Waals surface area contributed by atoms with E-state index in [1.54, 1.807) is 6.07 Å². The lowest BCUT2D eigenvalue weighted by molar-refractivity contribution is 0.0691. The van der Waals surface area contributed by atoms with E-state index in [1.165, 1.54) is 24.3 Å². The Morgan fingerprint density at radius 3 is 2.52 bits per heavy atom. The summed E-state index contributed by atoms with van der Waals surface area (Å²) in [5, 5.41) is 29.6. The number of carbonyl (C=O) groups is 1. The van der Waals surface area contributed by atoms with Crippen LogP contribution >= 0.6 is 11.6 Å². The second-order valence-electron chi connectivity index (χ2n) is 3.94. The number of carboxylic acids is 1. The quantitative estimate of drug-likeness (QED) is 0.901.